The third-order valence-electron chi connectivity index (χ3n) is 5.01. The van der Waals surface area contributed by atoms with Gasteiger partial charge in [-0.3, -0.25) is 9.59 Å². The molecule has 0 atom stereocenters. The van der Waals surface area contributed by atoms with E-state index in [2.05, 4.69) is 15.4 Å². The van der Waals surface area contributed by atoms with Gasteiger partial charge in [-0.2, -0.15) is 9.78 Å². The Morgan fingerprint density at radius 2 is 1.77 bits per heavy atom. The number of H-pyrrole nitrogens is 1. The van der Waals surface area contributed by atoms with Crippen molar-refractivity contribution in [3.8, 4) is 28.1 Å². The van der Waals surface area contributed by atoms with Gasteiger partial charge in [0.15, 0.2) is 0 Å². The summed E-state index contributed by atoms with van der Waals surface area (Å²) in [6.45, 7) is 5.22. The number of aromatic amines is 1. The molecule has 0 radical (unpaired) electrons. The molecule has 4 N–H and O–H groups in total. The minimum atomic E-state index is -0.977. The Morgan fingerprint density at radius 3 is 2.39 bits per heavy atom. The lowest BCUT2D eigenvalue weighted by Gasteiger charge is -2.18. The van der Waals surface area contributed by atoms with Crippen molar-refractivity contribution in [3.05, 3.63) is 75.8 Å². The zero-order valence-electron chi connectivity index (χ0n) is 17.4. The van der Waals surface area contributed by atoms with E-state index in [-0.39, 0.29) is 11.5 Å². The molecule has 0 unspecified atom stereocenters. The van der Waals surface area contributed by atoms with E-state index in [4.69, 9.17) is 17.3 Å². The van der Waals surface area contributed by atoms with Crippen molar-refractivity contribution < 1.29 is 4.79 Å². The Hall–Kier alpha value is -3.42. The number of hydrogen-bond acceptors (Lipinski definition) is 4. The van der Waals surface area contributed by atoms with Crippen molar-refractivity contribution >= 4 is 23.2 Å². The third kappa shape index (κ3) is 3.97. The molecule has 2 aromatic rings. The van der Waals surface area contributed by atoms with Gasteiger partial charge in [0, 0.05) is 28.2 Å². The smallest absolute Gasteiger partial charge is 0.282 e. The van der Waals surface area contributed by atoms with Crippen molar-refractivity contribution in [2.75, 3.05) is 5.32 Å². The van der Waals surface area contributed by atoms with E-state index in [0.717, 1.165) is 16.8 Å². The zero-order chi connectivity index (χ0) is 22.3. The Balaban J connectivity index is 1.76. The molecule has 158 valence electrons. The number of nitrogens with two attached hydrogens (primary N) is 1. The van der Waals surface area contributed by atoms with Crippen LogP contribution in [0.2, 0.25) is 5.02 Å². The summed E-state index contributed by atoms with van der Waals surface area (Å²) in [4.78, 5) is 28.2. The number of carbonyl (C=O) groups excluding carboxylic acids is 1. The SMILES string of the molecule is Cc1[nH]cc2c(=O)n(-c3ccc(Cl)cc3)nc-2c1-c1ccc(NC(=O)C(C)(C)N)cc1. The van der Waals surface area contributed by atoms with Crippen LogP contribution in [0.25, 0.3) is 28.1 Å². The van der Waals surface area contributed by atoms with E-state index in [1.807, 2.05) is 19.1 Å². The van der Waals surface area contributed by atoms with Gasteiger partial charge in [0.25, 0.3) is 5.56 Å². The fraction of sp³-hybridized carbons (Fsp3) is 0.174. The topological polar surface area (TPSA) is 106 Å². The van der Waals surface area contributed by atoms with Gasteiger partial charge in [-0.25, -0.2) is 0 Å². The highest BCUT2D eigenvalue weighted by atomic mass is 35.5. The van der Waals surface area contributed by atoms with Crippen LogP contribution >= 0.6 is 11.6 Å². The molecule has 0 fully saturated rings. The first kappa shape index (κ1) is 20.8. The quantitative estimate of drug-likeness (QED) is 0.451. The van der Waals surface area contributed by atoms with Gasteiger partial charge in [0.2, 0.25) is 5.91 Å². The molecule has 8 heteroatoms. The number of aromatic nitrogens is 3. The predicted octanol–water partition coefficient (Wildman–Crippen LogP) is 3.97. The van der Waals surface area contributed by atoms with Crippen molar-refractivity contribution in [2.24, 2.45) is 5.73 Å². The van der Waals surface area contributed by atoms with Crippen LogP contribution in [0.15, 0.2) is 59.5 Å². The Labute approximate surface area is 184 Å². The molecule has 0 saturated carbocycles. The lowest BCUT2D eigenvalue weighted by atomic mass is 9.98. The summed E-state index contributed by atoms with van der Waals surface area (Å²) in [5, 5.41) is 7.99. The van der Waals surface area contributed by atoms with Crippen molar-refractivity contribution in [3.63, 3.8) is 0 Å². The summed E-state index contributed by atoms with van der Waals surface area (Å²) in [6, 6.07) is 14.3. The summed E-state index contributed by atoms with van der Waals surface area (Å²) in [5.74, 6) is -0.274. The second-order valence-electron chi connectivity index (χ2n) is 8.00. The van der Waals surface area contributed by atoms with E-state index in [0.29, 0.717) is 27.7 Å². The van der Waals surface area contributed by atoms with Crippen LogP contribution in [0.3, 0.4) is 0 Å². The molecule has 0 aromatic heterocycles. The fourth-order valence-electron chi connectivity index (χ4n) is 3.28. The Bertz CT molecular complexity index is 1280. The van der Waals surface area contributed by atoms with Gasteiger partial charge in [-0.15, -0.1) is 0 Å². The van der Waals surface area contributed by atoms with E-state index >= 15 is 0 Å². The molecule has 0 bridgehead atoms. The summed E-state index contributed by atoms with van der Waals surface area (Å²) in [6.07, 6.45) is 1.67. The number of carbonyl (C=O) groups is 1. The van der Waals surface area contributed by atoms with Crippen LogP contribution in [-0.2, 0) is 4.79 Å². The molecule has 4 rings (SSSR count). The summed E-state index contributed by atoms with van der Waals surface area (Å²) in [7, 11) is 0. The van der Waals surface area contributed by atoms with Crippen LogP contribution in [0, 0.1) is 6.92 Å². The highest BCUT2D eigenvalue weighted by Gasteiger charge is 2.23. The second-order valence-corrected chi connectivity index (χ2v) is 8.43. The minimum Gasteiger partial charge on any atom is -0.364 e. The van der Waals surface area contributed by atoms with Crippen molar-refractivity contribution in [2.45, 2.75) is 26.3 Å². The van der Waals surface area contributed by atoms with Crippen molar-refractivity contribution in [1.82, 2.24) is 14.8 Å². The number of amides is 1. The molecule has 31 heavy (non-hydrogen) atoms. The Kier molecular flexibility index (Phi) is 5.16. The highest BCUT2D eigenvalue weighted by molar-refractivity contribution is 6.30. The first-order valence-electron chi connectivity index (χ1n) is 9.73. The fourth-order valence-corrected chi connectivity index (χ4v) is 3.41. The lowest BCUT2D eigenvalue weighted by molar-refractivity contribution is -0.120. The average Bonchev–Trinajstić information content (AvgIpc) is 3.05. The highest BCUT2D eigenvalue weighted by Crippen LogP contribution is 2.33. The third-order valence-corrected chi connectivity index (χ3v) is 5.26. The molecule has 0 spiro atoms. The number of nitrogens with one attached hydrogen (secondary N) is 2. The minimum absolute atomic E-state index is 0.219. The zero-order valence-corrected chi connectivity index (χ0v) is 18.1. The molecule has 1 amide bonds. The standard InChI is InChI=1S/C23H22ClN5O2/c1-13-19(14-4-8-16(9-5-14)27-22(31)23(2,3)25)20-18(12-26-13)21(30)29(28-20)17-10-6-15(24)7-11-17/h4-12,26H,25H2,1-3H3,(H,27,31). The number of anilines is 1. The number of aryl methyl sites for hydroxylation is 1. The normalized spacial score (nSPS) is 11.6. The van der Waals surface area contributed by atoms with Crippen LogP contribution in [-0.4, -0.2) is 26.2 Å². The van der Waals surface area contributed by atoms with E-state index in [1.54, 1.807) is 56.4 Å². The molecule has 2 aromatic carbocycles. The first-order chi connectivity index (χ1) is 14.6. The van der Waals surface area contributed by atoms with Crippen LogP contribution < -0.4 is 16.6 Å². The monoisotopic (exact) mass is 435 g/mol. The molecule has 0 aliphatic carbocycles. The van der Waals surface area contributed by atoms with E-state index < -0.39 is 5.54 Å². The summed E-state index contributed by atoms with van der Waals surface area (Å²) >= 11 is 5.97. The number of fused-ring (bicyclic) bond motifs is 1. The largest absolute Gasteiger partial charge is 0.364 e. The molecule has 2 aliphatic rings. The summed E-state index contributed by atoms with van der Waals surface area (Å²) in [5.41, 5.74) is 9.55. The number of benzene rings is 2. The van der Waals surface area contributed by atoms with Gasteiger partial charge in [0.1, 0.15) is 5.69 Å². The number of nitrogens with zero attached hydrogens (tertiary/aromatic N) is 2. The maximum Gasteiger partial charge on any atom is 0.282 e. The van der Waals surface area contributed by atoms with Gasteiger partial charge < -0.3 is 16.0 Å². The van der Waals surface area contributed by atoms with Crippen molar-refractivity contribution in [1.29, 1.82) is 0 Å². The molecule has 0 saturated heterocycles. The number of halogens is 1. The first-order valence-corrected chi connectivity index (χ1v) is 10.1. The lowest BCUT2D eigenvalue weighted by Crippen LogP contribution is -2.45. The van der Waals surface area contributed by atoms with Gasteiger partial charge in [-0.05, 0) is 62.7 Å². The van der Waals surface area contributed by atoms with Gasteiger partial charge in [0.05, 0.1) is 16.8 Å². The number of hydrogen-bond donors (Lipinski definition) is 3. The van der Waals surface area contributed by atoms with Gasteiger partial charge in [-0.1, -0.05) is 23.7 Å². The molecular weight excluding hydrogens is 414 g/mol. The number of pyridine rings is 1. The molecule has 7 nitrogen and oxygen atoms in total. The molecule has 2 aliphatic heterocycles. The van der Waals surface area contributed by atoms with Gasteiger partial charge >= 0.3 is 0 Å². The second kappa shape index (κ2) is 7.68. The Morgan fingerprint density at radius 1 is 1.13 bits per heavy atom. The molecular formula is C23H22ClN5O2. The van der Waals surface area contributed by atoms with Crippen LogP contribution in [0.4, 0.5) is 5.69 Å². The maximum absolute atomic E-state index is 13.0. The summed E-state index contributed by atoms with van der Waals surface area (Å²) < 4.78 is 1.37. The average molecular weight is 436 g/mol. The predicted molar refractivity (Wildman–Crippen MR) is 123 cm³/mol. The molecule has 2 heterocycles. The number of rotatable bonds is 4. The van der Waals surface area contributed by atoms with Crippen LogP contribution in [0.5, 0.6) is 0 Å². The van der Waals surface area contributed by atoms with E-state index in [9.17, 15) is 9.59 Å². The maximum atomic E-state index is 13.0. The van der Waals surface area contributed by atoms with Crippen LogP contribution in [0.1, 0.15) is 19.5 Å². The van der Waals surface area contributed by atoms with E-state index in [1.165, 1.54) is 4.68 Å².